The lowest BCUT2D eigenvalue weighted by Gasteiger charge is -2.01. The summed E-state index contributed by atoms with van der Waals surface area (Å²) in [4.78, 5) is 10.7. The lowest BCUT2D eigenvalue weighted by atomic mass is 10.1. The van der Waals surface area contributed by atoms with Crippen molar-refractivity contribution in [3.05, 3.63) is 35.4 Å². The van der Waals surface area contributed by atoms with Gasteiger partial charge in [-0.15, -0.1) is 0 Å². The molecule has 0 spiro atoms. The standard InChI is InChI=1S/C11H13NO3/c12-10-7-8(3-1-2-6-13)4-5-9(10)11(14)15/h1,3-5,7,13H,2,6,12H2,(H,14,15). The molecule has 0 atom stereocenters. The van der Waals surface area contributed by atoms with E-state index in [1.807, 2.05) is 0 Å². The maximum atomic E-state index is 10.7. The Labute approximate surface area is 87.7 Å². The predicted molar refractivity (Wildman–Crippen MR) is 58.6 cm³/mol. The summed E-state index contributed by atoms with van der Waals surface area (Å²) in [6.45, 7) is 0.0964. The lowest BCUT2D eigenvalue weighted by Crippen LogP contribution is -2.01. The van der Waals surface area contributed by atoms with Crippen LogP contribution in [0.5, 0.6) is 0 Å². The van der Waals surface area contributed by atoms with Crippen LogP contribution in [0.2, 0.25) is 0 Å². The number of nitrogen functional groups attached to an aromatic ring is 1. The first-order valence-electron chi connectivity index (χ1n) is 4.55. The van der Waals surface area contributed by atoms with Crippen LogP contribution < -0.4 is 5.73 Å². The van der Waals surface area contributed by atoms with E-state index in [4.69, 9.17) is 15.9 Å². The molecule has 0 radical (unpaired) electrons. The van der Waals surface area contributed by atoms with Crippen LogP contribution in [0.15, 0.2) is 24.3 Å². The molecule has 1 aromatic rings. The van der Waals surface area contributed by atoms with Gasteiger partial charge in [-0.25, -0.2) is 4.79 Å². The first-order chi connectivity index (χ1) is 7.15. The van der Waals surface area contributed by atoms with E-state index < -0.39 is 5.97 Å². The van der Waals surface area contributed by atoms with Gasteiger partial charge < -0.3 is 15.9 Å². The number of aromatic carboxylic acids is 1. The van der Waals surface area contributed by atoms with Gasteiger partial charge in [0.25, 0.3) is 0 Å². The number of hydrogen-bond acceptors (Lipinski definition) is 3. The highest BCUT2D eigenvalue weighted by Crippen LogP contribution is 2.15. The number of rotatable bonds is 4. The molecule has 0 aliphatic heterocycles. The van der Waals surface area contributed by atoms with E-state index in [9.17, 15) is 4.79 Å². The fourth-order valence-electron chi connectivity index (χ4n) is 1.17. The molecule has 0 saturated carbocycles. The van der Waals surface area contributed by atoms with E-state index in [-0.39, 0.29) is 17.9 Å². The molecular weight excluding hydrogens is 194 g/mol. The van der Waals surface area contributed by atoms with Crippen LogP contribution >= 0.6 is 0 Å². The third-order valence-corrected chi connectivity index (χ3v) is 1.91. The number of anilines is 1. The SMILES string of the molecule is Nc1cc(C=CCCO)ccc1C(=O)O. The molecule has 4 heteroatoms. The highest BCUT2D eigenvalue weighted by atomic mass is 16.4. The van der Waals surface area contributed by atoms with Crippen molar-refractivity contribution in [3.63, 3.8) is 0 Å². The number of carboxylic acids is 1. The Kier molecular flexibility index (Phi) is 3.88. The van der Waals surface area contributed by atoms with Crippen LogP contribution in [0.3, 0.4) is 0 Å². The summed E-state index contributed by atoms with van der Waals surface area (Å²) in [5, 5.41) is 17.3. The van der Waals surface area contributed by atoms with Gasteiger partial charge in [0, 0.05) is 12.3 Å². The predicted octanol–water partition coefficient (Wildman–Crippen LogP) is 1.36. The second kappa shape index (κ2) is 5.17. The highest BCUT2D eigenvalue weighted by Gasteiger charge is 2.06. The zero-order chi connectivity index (χ0) is 11.3. The first-order valence-corrected chi connectivity index (χ1v) is 4.55. The highest BCUT2D eigenvalue weighted by molar-refractivity contribution is 5.94. The fraction of sp³-hybridized carbons (Fsp3) is 0.182. The summed E-state index contributed by atoms with van der Waals surface area (Å²) in [5.41, 5.74) is 6.74. The van der Waals surface area contributed by atoms with E-state index in [1.165, 1.54) is 6.07 Å². The molecule has 0 unspecified atom stereocenters. The molecule has 0 saturated heterocycles. The fourth-order valence-corrected chi connectivity index (χ4v) is 1.17. The summed E-state index contributed by atoms with van der Waals surface area (Å²) in [6.07, 6.45) is 4.16. The molecule has 80 valence electrons. The van der Waals surface area contributed by atoms with Gasteiger partial charge in [-0.1, -0.05) is 18.2 Å². The lowest BCUT2D eigenvalue weighted by molar-refractivity contribution is 0.0698. The second-order valence-corrected chi connectivity index (χ2v) is 3.07. The summed E-state index contributed by atoms with van der Waals surface area (Å²) >= 11 is 0. The van der Waals surface area contributed by atoms with Crippen molar-refractivity contribution in [2.24, 2.45) is 0 Å². The van der Waals surface area contributed by atoms with Gasteiger partial charge >= 0.3 is 5.97 Å². The number of nitrogens with two attached hydrogens (primary N) is 1. The molecule has 0 bridgehead atoms. The van der Waals surface area contributed by atoms with Gasteiger partial charge in [0.15, 0.2) is 0 Å². The van der Waals surface area contributed by atoms with Crippen LogP contribution in [-0.2, 0) is 0 Å². The molecule has 0 amide bonds. The largest absolute Gasteiger partial charge is 0.478 e. The number of hydrogen-bond donors (Lipinski definition) is 3. The molecule has 0 aromatic heterocycles. The van der Waals surface area contributed by atoms with E-state index >= 15 is 0 Å². The summed E-state index contributed by atoms with van der Waals surface area (Å²) in [6, 6.07) is 4.74. The third-order valence-electron chi connectivity index (χ3n) is 1.91. The number of aliphatic hydroxyl groups is 1. The van der Waals surface area contributed by atoms with Gasteiger partial charge in [0.2, 0.25) is 0 Å². The van der Waals surface area contributed by atoms with Crippen LogP contribution in [-0.4, -0.2) is 22.8 Å². The molecule has 15 heavy (non-hydrogen) atoms. The number of carboxylic acid groups (broad SMARTS) is 1. The van der Waals surface area contributed by atoms with Gasteiger partial charge in [-0.2, -0.15) is 0 Å². The monoisotopic (exact) mass is 207 g/mol. The molecule has 0 aliphatic carbocycles. The third kappa shape index (κ3) is 3.11. The molecule has 4 N–H and O–H groups in total. The Hall–Kier alpha value is -1.81. The van der Waals surface area contributed by atoms with Crippen molar-refractivity contribution in [2.75, 3.05) is 12.3 Å². The van der Waals surface area contributed by atoms with Crippen molar-refractivity contribution < 1.29 is 15.0 Å². The van der Waals surface area contributed by atoms with Crippen LogP contribution in [0, 0.1) is 0 Å². The van der Waals surface area contributed by atoms with Crippen molar-refractivity contribution in [1.29, 1.82) is 0 Å². The van der Waals surface area contributed by atoms with Crippen molar-refractivity contribution in [3.8, 4) is 0 Å². The smallest absolute Gasteiger partial charge is 0.337 e. The van der Waals surface area contributed by atoms with E-state index in [0.717, 1.165) is 5.56 Å². The van der Waals surface area contributed by atoms with Crippen molar-refractivity contribution in [2.45, 2.75) is 6.42 Å². The van der Waals surface area contributed by atoms with Gasteiger partial charge in [-0.05, 0) is 24.1 Å². The first kappa shape index (κ1) is 11.3. The zero-order valence-electron chi connectivity index (χ0n) is 8.18. The average molecular weight is 207 g/mol. The zero-order valence-corrected chi connectivity index (χ0v) is 8.18. The Bertz CT molecular complexity index is 385. The quantitative estimate of drug-likeness (QED) is 0.651. The Morgan fingerprint density at radius 2 is 2.20 bits per heavy atom. The normalized spacial score (nSPS) is 10.7. The molecule has 0 aliphatic rings. The molecule has 0 fully saturated rings. The van der Waals surface area contributed by atoms with Crippen LogP contribution in [0.4, 0.5) is 5.69 Å². The molecular formula is C11H13NO3. The maximum absolute atomic E-state index is 10.7. The number of carbonyl (C=O) groups is 1. The van der Waals surface area contributed by atoms with Gasteiger partial charge in [0.1, 0.15) is 0 Å². The summed E-state index contributed by atoms with van der Waals surface area (Å²) < 4.78 is 0. The van der Waals surface area contributed by atoms with Crippen LogP contribution in [0.25, 0.3) is 6.08 Å². The number of aliphatic hydroxyl groups excluding tert-OH is 1. The summed E-state index contributed by atoms with van der Waals surface area (Å²) in [7, 11) is 0. The molecule has 4 nitrogen and oxygen atoms in total. The van der Waals surface area contributed by atoms with Crippen molar-refractivity contribution >= 4 is 17.7 Å². The molecule has 0 heterocycles. The van der Waals surface area contributed by atoms with Crippen molar-refractivity contribution in [1.82, 2.24) is 0 Å². The Morgan fingerprint density at radius 3 is 2.73 bits per heavy atom. The minimum Gasteiger partial charge on any atom is -0.478 e. The van der Waals surface area contributed by atoms with E-state index in [2.05, 4.69) is 0 Å². The average Bonchev–Trinajstić information content (AvgIpc) is 2.17. The molecule has 1 rings (SSSR count). The molecule has 1 aromatic carbocycles. The second-order valence-electron chi connectivity index (χ2n) is 3.07. The van der Waals surface area contributed by atoms with E-state index in [1.54, 1.807) is 24.3 Å². The topological polar surface area (TPSA) is 83.5 Å². The van der Waals surface area contributed by atoms with E-state index in [0.29, 0.717) is 6.42 Å². The Morgan fingerprint density at radius 1 is 1.47 bits per heavy atom. The Balaban J connectivity index is 2.87. The maximum Gasteiger partial charge on any atom is 0.337 e. The summed E-state index contributed by atoms with van der Waals surface area (Å²) in [5.74, 6) is -1.03. The number of benzene rings is 1. The van der Waals surface area contributed by atoms with Crippen LogP contribution in [0.1, 0.15) is 22.3 Å². The van der Waals surface area contributed by atoms with Gasteiger partial charge in [0.05, 0.1) is 5.56 Å². The minimum atomic E-state index is -1.03. The van der Waals surface area contributed by atoms with Gasteiger partial charge in [-0.3, -0.25) is 0 Å². The minimum absolute atomic E-state index is 0.0964.